The Morgan fingerprint density at radius 3 is 2.50 bits per heavy atom. The van der Waals surface area contributed by atoms with Crippen molar-refractivity contribution in [2.75, 3.05) is 6.61 Å². The maximum Gasteiger partial charge on any atom is 0.164 e. The minimum Gasteiger partial charge on any atom is -0.394 e. The van der Waals surface area contributed by atoms with Gasteiger partial charge < -0.3 is 29.7 Å². The van der Waals surface area contributed by atoms with Crippen LogP contribution in [0.3, 0.4) is 0 Å². The summed E-state index contributed by atoms with van der Waals surface area (Å²) in [5.41, 5.74) is 0. The average Bonchev–Trinajstić information content (AvgIpc) is 2.80. The third kappa shape index (κ3) is 1.83. The van der Waals surface area contributed by atoms with Crippen molar-refractivity contribution >= 4 is 0 Å². The van der Waals surface area contributed by atoms with Crippen molar-refractivity contribution < 1.29 is 25.2 Å². The first-order valence-electron chi connectivity index (χ1n) is 4.93. The number of hydrogen-bond acceptors (Lipinski definition) is 6. The Labute approximate surface area is 91.5 Å². The van der Waals surface area contributed by atoms with Crippen LogP contribution < -0.4 is 0 Å². The number of ether oxygens (including phenoxy) is 1. The van der Waals surface area contributed by atoms with Crippen molar-refractivity contribution in [2.24, 2.45) is 0 Å². The van der Waals surface area contributed by atoms with E-state index < -0.39 is 37.3 Å². The molecule has 1 aliphatic heterocycles. The van der Waals surface area contributed by atoms with Crippen LogP contribution in [0.4, 0.5) is 0 Å². The van der Waals surface area contributed by atoms with E-state index in [4.69, 9.17) is 9.84 Å². The molecule has 1 aliphatic rings. The zero-order valence-electron chi connectivity index (χ0n) is 8.42. The van der Waals surface area contributed by atoms with Crippen molar-refractivity contribution in [1.29, 1.82) is 0 Å². The standard InChI is InChI=1S/C9H14N2O5/c12-3-5-6(13)7(14)8(15)9(16-5)11-2-1-10-4-11/h1-2,4-9,12-15H,3H2/t5-,6-,7+,8-,9+/m1/s1. The van der Waals surface area contributed by atoms with E-state index in [-0.39, 0.29) is 0 Å². The van der Waals surface area contributed by atoms with Gasteiger partial charge in [-0.25, -0.2) is 4.98 Å². The van der Waals surface area contributed by atoms with Crippen molar-refractivity contribution in [2.45, 2.75) is 30.6 Å². The van der Waals surface area contributed by atoms with Crippen molar-refractivity contribution in [1.82, 2.24) is 9.55 Å². The first kappa shape index (κ1) is 11.5. The molecule has 0 radical (unpaired) electrons. The largest absolute Gasteiger partial charge is 0.394 e. The van der Waals surface area contributed by atoms with Gasteiger partial charge in [0.05, 0.1) is 12.9 Å². The lowest BCUT2D eigenvalue weighted by Crippen LogP contribution is -2.56. The minimum absolute atomic E-state index is 0.434. The zero-order valence-corrected chi connectivity index (χ0v) is 8.42. The van der Waals surface area contributed by atoms with E-state index >= 15 is 0 Å². The predicted molar refractivity (Wildman–Crippen MR) is 51.2 cm³/mol. The highest BCUT2D eigenvalue weighted by Crippen LogP contribution is 2.27. The lowest BCUT2D eigenvalue weighted by Gasteiger charge is -2.40. The Morgan fingerprint density at radius 1 is 1.19 bits per heavy atom. The smallest absolute Gasteiger partial charge is 0.164 e. The molecule has 0 aromatic carbocycles. The number of aliphatic hydroxyl groups excluding tert-OH is 4. The van der Waals surface area contributed by atoms with Gasteiger partial charge in [-0.3, -0.25) is 0 Å². The molecule has 2 rings (SSSR count). The summed E-state index contributed by atoms with van der Waals surface area (Å²) in [5.74, 6) is 0. The summed E-state index contributed by atoms with van der Waals surface area (Å²) >= 11 is 0. The van der Waals surface area contributed by atoms with Gasteiger partial charge in [-0.05, 0) is 0 Å². The Balaban J connectivity index is 2.20. The molecule has 1 saturated heterocycles. The summed E-state index contributed by atoms with van der Waals surface area (Å²) in [6.07, 6.45) is -1.24. The summed E-state index contributed by atoms with van der Waals surface area (Å²) in [7, 11) is 0. The molecule has 16 heavy (non-hydrogen) atoms. The van der Waals surface area contributed by atoms with E-state index in [1.807, 2.05) is 0 Å². The number of rotatable bonds is 2. The van der Waals surface area contributed by atoms with E-state index in [0.29, 0.717) is 0 Å². The molecular formula is C9H14N2O5. The quantitative estimate of drug-likeness (QED) is 0.461. The summed E-state index contributed by atoms with van der Waals surface area (Å²) in [5, 5.41) is 37.8. The molecule has 1 fully saturated rings. The molecule has 0 saturated carbocycles. The number of aromatic nitrogens is 2. The van der Waals surface area contributed by atoms with E-state index in [1.165, 1.54) is 17.1 Å². The number of imidazole rings is 1. The van der Waals surface area contributed by atoms with Crippen molar-refractivity contribution in [3.05, 3.63) is 18.7 Å². The van der Waals surface area contributed by atoms with Crippen LogP contribution in [0.25, 0.3) is 0 Å². The molecule has 7 nitrogen and oxygen atoms in total. The van der Waals surface area contributed by atoms with E-state index in [1.54, 1.807) is 6.20 Å². The number of nitrogens with zero attached hydrogens (tertiary/aromatic N) is 2. The van der Waals surface area contributed by atoms with Gasteiger partial charge in [0.1, 0.15) is 24.4 Å². The summed E-state index contributed by atoms with van der Waals surface area (Å²) in [6, 6.07) is 0. The number of hydrogen-bond donors (Lipinski definition) is 4. The predicted octanol–water partition coefficient (Wildman–Crippen LogP) is -2.14. The highest BCUT2D eigenvalue weighted by atomic mass is 16.6. The van der Waals surface area contributed by atoms with Gasteiger partial charge in [0.2, 0.25) is 0 Å². The van der Waals surface area contributed by atoms with Gasteiger partial charge in [-0.1, -0.05) is 0 Å². The molecule has 7 heteroatoms. The van der Waals surface area contributed by atoms with Crippen LogP contribution in [0, 0.1) is 0 Å². The molecule has 0 amide bonds. The van der Waals surface area contributed by atoms with E-state index in [9.17, 15) is 15.3 Å². The van der Waals surface area contributed by atoms with Crippen molar-refractivity contribution in [3.8, 4) is 0 Å². The van der Waals surface area contributed by atoms with E-state index in [0.717, 1.165) is 0 Å². The fraction of sp³-hybridized carbons (Fsp3) is 0.667. The molecular weight excluding hydrogens is 216 g/mol. The molecule has 90 valence electrons. The second-order valence-corrected chi connectivity index (χ2v) is 3.73. The maximum absolute atomic E-state index is 9.73. The van der Waals surface area contributed by atoms with Crippen LogP contribution in [0.15, 0.2) is 18.7 Å². The first-order chi connectivity index (χ1) is 7.65. The Morgan fingerprint density at radius 2 is 1.94 bits per heavy atom. The topological polar surface area (TPSA) is 108 Å². The molecule has 1 aromatic rings. The van der Waals surface area contributed by atoms with Crippen LogP contribution >= 0.6 is 0 Å². The second kappa shape index (κ2) is 4.48. The van der Waals surface area contributed by atoms with Crippen LogP contribution in [0.2, 0.25) is 0 Å². The highest BCUT2D eigenvalue weighted by molar-refractivity contribution is 4.92. The van der Waals surface area contributed by atoms with Crippen LogP contribution in [-0.2, 0) is 4.74 Å². The molecule has 0 unspecified atom stereocenters. The average molecular weight is 230 g/mol. The third-order valence-electron chi connectivity index (χ3n) is 2.69. The minimum atomic E-state index is -1.36. The molecule has 0 bridgehead atoms. The summed E-state index contributed by atoms with van der Waals surface area (Å²) in [6.45, 7) is -0.434. The lowest BCUT2D eigenvalue weighted by atomic mass is 9.98. The normalized spacial score (nSPS) is 39.9. The Bertz CT molecular complexity index is 329. The van der Waals surface area contributed by atoms with Gasteiger partial charge >= 0.3 is 0 Å². The molecule has 4 N–H and O–H groups in total. The fourth-order valence-corrected chi connectivity index (χ4v) is 1.75. The lowest BCUT2D eigenvalue weighted by molar-refractivity contribution is -0.251. The molecule has 2 heterocycles. The molecule has 1 aromatic heterocycles. The molecule has 0 spiro atoms. The van der Waals surface area contributed by atoms with Crippen LogP contribution in [0.1, 0.15) is 6.23 Å². The van der Waals surface area contributed by atoms with Gasteiger partial charge in [0, 0.05) is 12.4 Å². The van der Waals surface area contributed by atoms with E-state index in [2.05, 4.69) is 4.98 Å². The Kier molecular flexibility index (Phi) is 3.22. The summed E-state index contributed by atoms with van der Waals surface area (Å²) < 4.78 is 6.75. The van der Waals surface area contributed by atoms with Crippen molar-refractivity contribution in [3.63, 3.8) is 0 Å². The maximum atomic E-state index is 9.73. The van der Waals surface area contributed by atoms with Gasteiger partial charge in [0.15, 0.2) is 6.23 Å². The fourth-order valence-electron chi connectivity index (χ4n) is 1.75. The number of aliphatic hydroxyl groups is 4. The van der Waals surface area contributed by atoms with Crippen LogP contribution in [0.5, 0.6) is 0 Å². The van der Waals surface area contributed by atoms with Gasteiger partial charge in [0.25, 0.3) is 0 Å². The monoisotopic (exact) mass is 230 g/mol. The second-order valence-electron chi connectivity index (χ2n) is 3.73. The first-order valence-corrected chi connectivity index (χ1v) is 4.93. The zero-order chi connectivity index (χ0) is 11.7. The highest BCUT2D eigenvalue weighted by Gasteiger charge is 2.43. The molecule has 5 atom stereocenters. The van der Waals surface area contributed by atoms with Crippen LogP contribution in [-0.4, -0.2) is 61.0 Å². The summed E-state index contributed by atoms with van der Waals surface area (Å²) in [4.78, 5) is 3.79. The third-order valence-corrected chi connectivity index (χ3v) is 2.69. The van der Waals surface area contributed by atoms with Gasteiger partial charge in [-0.15, -0.1) is 0 Å². The SMILES string of the molecule is OC[C@H]1O[C@H](n2ccnc2)[C@H](O)[C@@H](O)[C@@H]1O. The van der Waals surface area contributed by atoms with Gasteiger partial charge in [-0.2, -0.15) is 0 Å². The Hall–Kier alpha value is -0.990. The molecule has 0 aliphatic carbocycles.